The van der Waals surface area contributed by atoms with E-state index in [1.54, 1.807) is 16.8 Å². The van der Waals surface area contributed by atoms with Gasteiger partial charge in [0.05, 0.1) is 5.52 Å². The van der Waals surface area contributed by atoms with Gasteiger partial charge in [-0.05, 0) is 44.8 Å². The van der Waals surface area contributed by atoms with Gasteiger partial charge in [0.25, 0.3) is 5.56 Å². The van der Waals surface area contributed by atoms with Gasteiger partial charge in [0.15, 0.2) is 5.65 Å². The van der Waals surface area contributed by atoms with Gasteiger partial charge in [-0.15, -0.1) is 0 Å². The summed E-state index contributed by atoms with van der Waals surface area (Å²) in [6.07, 6.45) is 4.53. The number of nitrogens with zero attached hydrogens (tertiary/aromatic N) is 4. The van der Waals surface area contributed by atoms with Crippen LogP contribution in [0.1, 0.15) is 12.8 Å². The fraction of sp³-hybridized carbons (Fsp3) is 0.389. The highest BCUT2D eigenvalue weighted by Crippen LogP contribution is 2.13. The molecule has 0 unspecified atom stereocenters. The zero-order valence-corrected chi connectivity index (χ0v) is 14.6. The van der Waals surface area contributed by atoms with Crippen molar-refractivity contribution in [2.45, 2.75) is 19.4 Å². The van der Waals surface area contributed by atoms with Gasteiger partial charge in [-0.25, -0.2) is 4.98 Å². The Labute approximate surface area is 145 Å². The molecule has 1 N–H and O–H groups in total. The average molecular weight is 341 g/mol. The lowest BCUT2D eigenvalue weighted by Crippen LogP contribution is -2.31. The highest BCUT2D eigenvalue weighted by atomic mass is 16.1. The number of rotatable bonds is 7. The van der Waals surface area contributed by atoms with E-state index >= 15 is 0 Å². The second kappa shape index (κ2) is 7.48. The highest BCUT2D eigenvalue weighted by molar-refractivity contribution is 5.76. The van der Waals surface area contributed by atoms with Gasteiger partial charge < -0.3 is 14.6 Å². The molecule has 0 aliphatic heterocycles. The largest absolute Gasteiger partial charge is 0.355 e. The van der Waals surface area contributed by atoms with Crippen LogP contribution in [-0.2, 0) is 11.3 Å². The van der Waals surface area contributed by atoms with Crippen LogP contribution in [0.4, 0.5) is 0 Å². The summed E-state index contributed by atoms with van der Waals surface area (Å²) >= 11 is 0. The predicted molar refractivity (Wildman–Crippen MR) is 97.8 cm³/mol. The molecule has 0 saturated carbocycles. The van der Waals surface area contributed by atoms with E-state index in [9.17, 15) is 9.59 Å². The summed E-state index contributed by atoms with van der Waals surface area (Å²) in [4.78, 5) is 31.0. The predicted octanol–water partition coefficient (Wildman–Crippen LogP) is 1.11. The average Bonchev–Trinajstić information content (AvgIpc) is 3.07. The van der Waals surface area contributed by atoms with Crippen molar-refractivity contribution in [1.82, 2.24) is 24.2 Å². The lowest BCUT2D eigenvalue weighted by Gasteiger charge is -2.12. The van der Waals surface area contributed by atoms with Crippen LogP contribution >= 0.6 is 0 Å². The van der Waals surface area contributed by atoms with Crippen molar-refractivity contribution in [3.63, 3.8) is 0 Å². The molecule has 0 saturated heterocycles. The van der Waals surface area contributed by atoms with Gasteiger partial charge in [-0.3, -0.25) is 14.2 Å². The summed E-state index contributed by atoms with van der Waals surface area (Å²) in [5.41, 5.74) is 2.07. The zero-order valence-electron chi connectivity index (χ0n) is 14.6. The number of likely N-dealkylation sites (N-methyl/N-ethyl adjacent to an activating group) is 1. The van der Waals surface area contributed by atoms with Gasteiger partial charge in [-0.2, -0.15) is 0 Å². The van der Waals surface area contributed by atoms with Crippen molar-refractivity contribution >= 4 is 22.6 Å². The lowest BCUT2D eigenvalue weighted by molar-refractivity contribution is -0.121. The number of amides is 1. The summed E-state index contributed by atoms with van der Waals surface area (Å²) in [7, 11) is 3.93. The Morgan fingerprint density at radius 2 is 2.04 bits per heavy atom. The normalized spacial score (nSPS) is 11.5. The quantitative estimate of drug-likeness (QED) is 0.699. The Hall–Kier alpha value is -2.67. The molecular weight excluding hydrogens is 318 g/mol. The van der Waals surface area contributed by atoms with Crippen LogP contribution in [0.25, 0.3) is 16.7 Å². The molecule has 7 nitrogen and oxygen atoms in total. The Morgan fingerprint density at radius 1 is 1.24 bits per heavy atom. The molecule has 3 aromatic heterocycles. The third kappa shape index (κ3) is 3.71. The summed E-state index contributed by atoms with van der Waals surface area (Å²) in [6.45, 7) is 1.91. The SMILES string of the molecule is CN(C)CCNC(=O)CCCn1c(=O)c2cccn2c2cccnc21. The molecular formula is C18H23N5O2. The third-order valence-electron chi connectivity index (χ3n) is 4.16. The van der Waals surface area contributed by atoms with Crippen molar-refractivity contribution in [3.8, 4) is 0 Å². The molecule has 0 fully saturated rings. The minimum atomic E-state index is -0.0794. The van der Waals surface area contributed by atoms with Crippen LogP contribution in [0.15, 0.2) is 41.5 Å². The fourth-order valence-corrected chi connectivity index (χ4v) is 2.90. The van der Waals surface area contributed by atoms with E-state index in [0.29, 0.717) is 37.1 Å². The molecule has 3 aromatic rings. The molecule has 0 aliphatic rings. The van der Waals surface area contributed by atoms with E-state index < -0.39 is 0 Å². The van der Waals surface area contributed by atoms with Crippen LogP contribution in [0.2, 0.25) is 0 Å². The number of hydrogen-bond acceptors (Lipinski definition) is 4. The molecule has 3 rings (SSSR count). The van der Waals surface area contributed by atoms with Crippen LogP contribution in [0, 0.1) is 0 Å². The first-order valence-corrected chi connectivity index (χ1v) is 8.44. The number of nitrogens with one attached hydrogen (secondary N) is 1. The van der Waals surface area contributed by atoms with Crippen molar-refractivity contribution in [1.29, 1.82) is 0 Å². The minimum Gasteiger partial charge on any atom is -0.355 e. The number of carbonyl (C=O) groups excluding carboxylic acids is 1. The van der Waals surface area contributed by atoms with Crippen molar-refractivity contribution in [2.24, 2.45) is 0 Å². The summed E-state index contributed by atoms with van der Waals surface area (Å²) in [5.74, 6) is 0.0101. The first-order chi connectivity index (χ1) is 12.1. The van der Waals surface area contributed by atoms with Gasteiger partial charge in [0.1, 0.15) is 5.52 Å². The van der Waals surface area contributed by atoms with E-state index in [0.717, 1.165) is 12.1 Å². The number of pyridine rings is 1. The molecule has 3 heterocycles. The van der Waals surface area contributed by atoms with E-state index in [1.807, 2.05) is 47.8 Å². The van der Waals surface area contributed by atoms with Crippen molar-refractivity contribution in [3.05, 3.63) is 47.0 Å². The lowest BCUT2D eigenvalue weighted by atomic mass is 10.2. The Kier molecular flexibility index (Phi) is 5.14. The maximum absolute atomic E-state index is 12.7. The van der Waals surface area contributed by atoms with Crippen LogP contribution < -0.4 is 10.9 Å². The topological polar surface area (TPSA) is 71.6 Å². The van der Waals surface area contributed by atoms with Gasteiger partial charge in [0, 0.05) is 38.4 Å². The van der Waals surface area contributed by atoms with Crippen LogP contribution in [0.5, 0.6) is 0 Å². The van der Waals surface area contributed by atoms with Gasteiger partial charge in [0.2, 0.25) is 5.91 Å². The first kappa shape index (κ1) is 17.2. The molecule has 0 atom stereocenters. The van der Waals surface area contributed by atoms with E-state index in [1.165, 1.54) is 0 Å². The zero-order chi connectivity index (χ0) is 17.8. The van der Waals surface area contributed by atoms with E-state index in [-0.39, 0.29) is 11.5 Å². The van der Waals surface area contributed by atoms with E-state index in [4.69, 9.17) is 0 Å². The van der Waals surface area contributed by atoms with Gasteiger partial charge in [-0.1, -0.05) is 0 Å². The second-order valence-electron chi connectivity index (χ2n) is 6.32. The third-order valence-corrected chi connectivity index (χ3v) is 4.16. The number of fused-ring (bicyclic) bond motifs is 3. The smallest absolute Gasteiger partial charge is 0.276 e. The molecule has 132 valence electrons. The molecule has 1 amide bonds. The summed E-state index contributed by atoms with van der Waals surface area (Å²) in [6, 6.07) is 7.46. The molecule has 0 radical (unpaired) electrons. The molecule has 0 bridgehead atoms. The maximum Gasteiger partial charge on any atom is 0.276 e. The Balaban J connectivity index is 1.74. The number of carbonyl (C=O) groups is 1. The fourth-order valence-electron chi connectivity index (χ4n) is 2.90. The Morgan fingerprint density at radius 3 is 2.84 bits per heavy atom. The highest BCUT2D eigenvalue weighted by Gasteiger charge is 2.11. The molecule has 0 aliphatic carbocycles. The minimum absolute atomic E-state index is 0.0101. The summed E-state index contributed by atoms with van der Waals surface area (Å²) in [5, 5.41) is 2.89. The summed E-state index contributed by atoms with van der Waals surface area (Å²) < 4.78 is 3.52. The van der Waals surface area contributed by atoms with Crippen LogP contribution in [0.3, 0.4) is 0 Å². The number of aromatic nitrogens is 3. The maximum atomic E-state index is 12.7. The molecule has 25 heavy (non-hydrogen) atoms. The standard InChI is InChI=1S/C18H23N5O2/c1-21(2)13-10-19-16(24)8-5-12-23-17-14(6-3-9-20-17)22-11-4-7-15(22)18(23)25/h3-4,6-7,9,11H,5,8,10,12-13H2,1-2H3,(H,19,24). The molecule has 0 spiro atoms. The molecule has 0 aromatic carbocycles. The van der Waals surface area contributed by atoms with E-state index in [2.05, 4.69) is 10.3 Å². The van der Waals surface area contributed by atoms with Crippen LogP contribution in [-0.4, -0.2) is 51.9 Å². The molecule has 7 heteroatoms. The second-order valence-corrected chi connectivity index (χ2v) is 6.32. The number of hydrogen-bond donors (Lipinski definition) is 1. The monoisotopic (exact) mass is 341 g/mol. The van der Waals surface area contributed by atoms with Crippen molar-refractivity contribution < 1.29 is 4.79 Å². The first-order valence-electron chi connectivity index (χ1n) is 8.44. The Bertz CT molecular complexity index is 941. The number of aryl methyl sites for hydroxylation is 1. The van der Waals surface area contributed by atoms with Crippen molar-refractivity contribution in [2.75, 3.05) is 27.2 Å². The van der Waals surface area contributed by atoms with Gasteiger partial charge >= 0.3 is 0 Å².